The van der Waals surface area contributed by atoms with Gasteiger partial charge in [0, 0.05) is 10.3 Å². The second-order valence-corrected chi connectivity index (χ2v) is 5.09. The fraction of sp³-hybridized carbons (Fsp3) is 0.0833. The van der Waals surface area contributed by atoms with E-state index in [0.717, 1.165) is 17.4 Å². The van der Waals surface area contributed by atoms with Crippen molar-refractivity contribution in [3.8, 4) is 5.75 Å². The lowest BCUT2D eigenvalue weighted by molar-refractivity contribution is -0.274. The average molecular weight is 319 g/mol. The van der Waals surface area contributed by atoms with E-state index < -0.39 is 18.0 Å². The van der Waals surface area contributed by atoms with Crippen LogP contribution < -0.4 is 10.1 Å². The third-order valence-corrected chi connectivity index (χ3v) is 3.53. The number of amides is 1. The van der Waals surface area contributed by atoms with Gasteiger partial charge in [-0.15, -0.1) is 37.1 Å². The summed E-state index contributed by atoms with van der Waals surface area (Å²) in [5.74, 6) is -0.982. The van der Waals surface area contributed by atoms with E-state index >= 15 is 0 Å². The Balaban J connectivity index is 2.19. The molecule has 0 fully saturated rings. The monoisotopic (exact) mass is 319 g/mol. The van der Waals surface area contributed by atoms with Crippen LogP contribution in [-0.4, -0.2) is 12.3 Å². The fourth-order valence-corrected chi connectivity index (χ4v) is 2.46. The number of para-hydroxylation sites is 2. The molecule has 0 aliphatic rings. The number of thiophene rings is 1. The molecule has 3 nitrogen and oxygen atoms in total. The van der Waals surface area contributed by atoms with Crippen molar-refractivity contribution in [2.75, 3.05) is 5.32 Å². The van der Waals surface area contributed by atoms with Crippen LogP contribution in [0.4, 0.5) is 18.9 Å². The predicted molar refractivity (Wildman–Crippen MR) is 72.6 cm³/mol. The molecule has 0 atom stereocenters. The minimum Gasteiger partial charge on any atom is -0.404 e. The molecule has 0 unspecified atom stereocenters. The van der Waals surface area contributed by atoms with E-state index in [1.54, 1.807) is 5.38 Å². The molecule has 1 aromatic heterocycles. The molecule has 106 valence electrons. The summed E-state index contributed by atoms with van der Waals surface area (Å²) in [6.45, 7) is 0. The zero-order valence-electron chi connectivity index (χ0n) is 9.77. The summed E-state index contributed by atoms with van der Waals surface area (Å²) in [6.07, 6.45) is -4.82. The lowest BCUT2D eigenvalue weighted by Gasteiger charge is -2.13. The van der Waals surface area contributed by atoms with Crippen LogP contribution in [0.5, 0.6) is 5.75 Å². The van der Waals surface area contributed by atoms with Gasteiger partial charge in [0.05, 0.1) is 10.6 Å². The number of alkyl halides is 3. The minimum absolute atomic E-state index is 0.0519. The number of anilines is 1. The van der Waals surface area contributed by atoms with Crippen molar-refractivity contribution >= 4 is 35.6 Å². The van der Waals surface area contributed by atoms with Crippen LogP contribution in [0.15, 0.2) is 40.6 Å². The first-order valence-electron chi connectivity index (χ1n) is 5.29. The van der Waals surface area contributed by atoms with Gasteiger partial charge in [-0.05, 0) is 18.2 Å². The maximum Gasteiger partial charge on any atom is 0.573 e. The maximum absolute atomic E-state index is 12.2. The summed E-state index contributed by atoms with van der Waals surface area (Å²) in [7, 11) is 0. The van der Waals surface area contributed by atoms with E-state index in [0.29, 0.717) is 9.77 Å². The zero-order valence-corrected chi connectivity index (χ0v) is 11.5. The number of ether oxygens (including phenoxy) is 1. The summed E-state index contributed by atoms with van der Waals surface area (Å²) >= 11 is 5.20. The van der Waals surface area contributed by atoms with E-state index in [1.165, 1.54) is 24.3 Å². The SMILES string of the molecule is O=C(Nc1ccccc1OC(F)(F)F)c1cc(S)cs1. The Morgan fingerprint density at radius 3 is 2.60 bits per heavy atom. The van der Waals surface area contributed by atoms with Crippen molar-refractivity contribution in [3.05, 3.63) is 40.6 Å². The number of hydrogen-bond acceptors (Lipinski definition) is 4. The van der Waals surface area contributed by atoms with Gasteiger partial charge in [-0.3, -0.25) is 4.79 Å². The number of halogens is 3. The van der Waals surface area contributed by atoms with Crippen LogP contribution in [0.1, 0.15) is 9.67 Å². The Morgan fingerprint density at radius 2 is 2.00 bits per heavy atom. The van der Waals surface area contributed by atoms with Crippen molar-refractivity contribution in [2.45, 2.75) is 11.3 Å². The van der Waals surface area contributed by atoms with Crippen LogP contribution in [0.2, 0.25) is 0 Å². The molecule has 0 spiro atoms. The summed E-state index contributed by atoms with van der Waals surface area (Å²) in [5, 5.41) is 4.02. The Kier molecular flexibility index (Phi) is 4.24. The quantitative estimate of drug-likeness (QED) is 0.833. The Morgan fingerprint density at radius 1 is 1.30 bits per heavy atom. The van der Waals surface area contributed by atoms with Gasteiger partial charge in [-0.1, -0.05) is 12.1 Å². The Bertz CT molecular complexity index is 625. The molecule has 1 heterocycles. The first-order chi connectivity index (χ1) is 9.35. The highest BCUT2D eigenvalue weighted by Crippen LogP contribution is 2.30. The molecule has 1 N–H and O–H groups in total. The summed E-state index contributed by atoms with van der Waals surface area (Å²) in [4.78, 5) is 12.8. The molecule has 20 heavy (non-hydrogen) atoms. The third-order valence-electron chi connectivity index (χ3n) is 2.17. The maximum atomic E-state index is 12.2. The smallest absolute Gasteiger partial charge is 0.404 e. The van der Waals surface area contributed by atoms with E-state index in [1.807, 2.05) is 0 Å². The van der Waals surface area contributed by atoms with Crippen LogP contribution in [0, 0.1) is 0 Å². The topological polar surface area (TPSA) is 38.3 Å². The number of carbonyl (C=O) groups excluding carboxylic acids is 1. The summed E-state index contributed by atoms with van der Waals surface area (Å²) in [5.41, 5.74) is -0.0519. The van der Waals surface area contributed by atoms with E-state index in [9.17, 15) is 18.0 Å². The standard InChI is InChI=1S/C12H8F3NO2S2/c13-12(14,15)18-9-4-2-1-3-8(9)16-11(17)10-5-7(19)6-20-10/h1-6,19H,(H,16,17). The molecule has 0 aliphatic carbocycles. The molecule has 0 saturated carbocycles. The number of benzene rings is 1. The first kappa shape index (κ1) is 14.7. The zero-order chi connectivity index (χ0) is 14.8. The van der Waals surface area contributed by atoms with Crippen molar-refractivity contribution in [3.63, 3.8) is 0 Å². The summed E-state index contributed by atoms with van der Waals surface area (Å²) in [6, 6.07) is 6.86. The number of hydrogen-bond donors (Lipinski definition) is 2. The molecular weight excluding hydrogens is 311 g/mol. The van der Waals surface area contributed by atoms with Gasteiger partial charge in [0.2, 0.25) is 0 Å². The van der Waals surface area contributed by atoms with Crippen molar-refractivity contribution < 1.29 is 22.7 Å². The van der Waals surface area contributed by atoms with Crippen molar-refractivity contribution in [2.24, 2.45) is 0 Å². The molecule has 2 rings (SSSR count). The lowest BCUT2D eigenvalue weighted by atomic mass is 10.3. The molecule has 0 aliphatic heterocycles. The highest BCUT2D eigenvalue weighted by Gasteiger charge is 2.32. The number of nitrogens with one attached hydrogen (secondary N) is 1. The average Bonchev–Trinajstić information content (AvgIpc) is 2.77. The van der Waals surface area contributed by atoms with Gasteiger partial charge in [0.1, 0.15) is 0 Å². The van der Waals surface area contributed by atoms with Gasteiger partial charge in [-0.2, -0.15) is 0 Å². The largest absolute Gasteiger partial charge is 0.573 e. The predicted octanol–water partition coefficient (Wildman–Crippen LogP) is 4.19. The molecule has 2 aromatic rings. The third kappa shape index (κ3) is 3.91. The van der Waals surface area contributed by atoms with Gasteiger partial charge in [0.25, 0.3) is 5.91 Å². The molecule has 8 heteroatoms. The molecule has 0 bridgehead atoms. The Hall–Kier alpha value is -1.67. The van der Waals surface area contributed by atoms with Crippen LogP contribution in [0.3, 0.4) is 0 Å². The highest BCUT2D eigenvalue weighted by atomic mass is 32.1. The molecule has 1 aromatic carbocycles. The van der Waals surface area contributed by atoms with E-state index in [4.69, 9.17) is 0 Å². The minimum atomic E-state index is -4.82. The number of rotatable bonds is 3. The van der Waals surface area contributed by atoms with Gasteiger partial charge in [0.15, 0.2) is 5.75 Å². The second-order valence-electron chi connectivity index (χ2n) is 3.67. The lowest BCUT2D eigenvalue weighted by Crippen LogP contribution is -2.19. The van der Waals surface area contributed by atoms with E-state index in [-0.39, 0.29) is 5.69 Å². The molecule has 1 amide bonds. The van der Waals surface area contributed by atoms with Gasteiger partial charge < -0.3 is 10.1 Å². The Labute approximate surface area is 121 Å². The van der Waals surface area contributed by atoms with Gasteiger partial charge >= 0.3 is 6.36 Å². The first-order valence-corrected chi connectivity index (χ1v) is 6.61. The van der Waals surface area contributed by atoms with Crippen LogP contribution in [-0.2, 0) is 0 Å². The molecule has 0 radical (unpaired) electrons. The van der Waals surface area contributed by atoms with Crippen molar-refractivity contribution in [1.82, 2.24) is 0 Å². The summed E-state index contributed by atoms with van der Waals surface area (Å²) < 4.78 is 40.6. The number of carbonyl (C=O) groups is 1. The van der Waals surface area contributed by atoms with Gasteiger partial charge in [-0.25, -0.2) is 0 Å². The molecular formula is C12H8F3NO2S2. The molecule has 0 saturated heterocycles. The fourth-order valence-electron chi connectivity index (χ4n) is 1.41. The normalized spacial score (nSPS) is 11.2. The second kappa shape index (κ2) is 5.76. The van der Waals surface area contributed by atoms with Crippen LogP contribution >= 0.6 is 24.0 Å². The number of thiol groups is 1. The van der Waals surface area contributed by atoms with Crippen molar-refractivity contribution in [1.29, 1.82) is 0 Å². The van der Waals surface area contributed by atoms with E-state index in [2.05, 4.69) is 22.7 Å². The highest BCUT2D eigenvalue weighted by molar-refractivity contribution is 7.80. The van der Waals surface area contributed by atoms with Crippen LogP contribution in [0.25, 0.3) is 0 Å².